The molecule has 0 fully saturated rings. The molecule has 98 valence electrons. The highest BCUT2D eigenvalue weighted by Gasteiger charge is 2.22. The molecule has 0 bridgehead atoms. The van der Waals surface area contributed by atoms with Crippen LogP contribution in [0.5, 0.6) is 5.75 Å². The number of ketones is 1. The third-order valence-electron chi connectivity index (χ3n) is 2.43. The van der Waals surface area contributed by atoms with Crippen LogP contribution in [0.1, 0.15) is 29.5 Å². The first-order chi connectivity index (χ1) is 8.38. The van der Waals surface area contributed by atoms with Crippen LogP contribution in [0.15, 0.2) is 18.2 Å². The molecule has 0 aliphatic rings. The average Bonchev–Trinajstić information content (AvgIpc) is 2.35. The van der Waals surface area contributed by atoms with Gasteiger partial charge in [-0.25, -0.2) is 4.79 Å². The standard InChI is InChI=1S/C12H13ClO5/c1-6(14)10(13)8-5-7(11(15)12(16)17)3-4-9(8)18-2/h3-5,10-11,15H,1-2H3,(H,16,17). The van der Waals surface area contributed by atoms with Gasteiger partial charge in [0, 0.05) is 5.56 Å². The highest BCUT2D eigenvalue weighted by atomic mass is 35.5. The fourth-order valence-electron chi connectivity index (χ4n) is 1.48. The van der Waals surface area contributed by atoms with Crippen molar-refractivity contribution in [1.29, 1.82) is 0 Å². The average molecular weight is 273 g/mol. The van der Waals surface area contributed by atoms with Crippen molar-refractivity contribution in [2.45, 2.75) is 18.4 Å². The van der Waals surface area contributed by atoms with Gasteiger partial charge in [-0.05, 0) is 24.6 Å². The first kappa shape index (κ1) is 14.5. The second-order valence-electron chi connectivity index (χ2n) is 3.72. The van der Waals surface area contributed by atoms with Gasteiger partial charge in [-0.1, -0.05) is 6.07 Å². The Bertz CT molecular complexity index is 472. The van der Waals surface area contributed by atoms with E-state index >= 15 is 0 Å². The van der Waals surface area contributed by atoms with Gasteiger partial charge in [0.15, 0.2) is 11.9 Å². The number of hydrogen-bond donors (Lipinski definition) is 2. The lowest BCUT2D eigenvalue weighted by Crippen LogP contribution is -2.12. The number of carbonyl (C=O) groups excluding carboxylic acids is 1. The number of alkyl halides is 1. The maximum absolute atomic E-state index is 11.3. The predicted molar refractivity (Wildman–Crippen MR) is 64.9 cm³/mol. The normalized spacial score (nSPS) is 13.8. The first-order valence-corrected chi connectivity index (χ1v) is 5.55. The van der Waals surface area contributed by atoms with E-state index in [9.17, 15) is 14.7 Å². The van der Waals surface area contributed by atoms with Gasteiger partial charge >= 0.3 is 5.97 Å². The predicted octanol–water partition coefficient (Wildman–Crippen LogP) is 1.68. The van der Waals surface area contributed by atoms with Crippen LogP contribution in [0.3, 0.4) is 0 Å². The maximum atomic E-state index is 11.3. The fraction of sp³-hybridized carbons (Fsp3) is 0.333. The number of rotatable bonds is 5. The number of ether oxygens (including phenoxy) is 1. The molecule has 2 unspecified atom stereocenters. The molecule has 0 aliphatic heterocycles. The Hall–Kier alpha value is -1.59. The van der Waals surface area contributed by atoms with E-state index in [1.165, 1.54) is 32.2 Å². The highest BCUT2D eigenvalue weighted by Crippen LogP contribution is 2.32. The van der Waals surface area contributed by atoms with Crippen LogP contribution in [0, 0.1) is 0 Å². The van der Waals surface area contributed by atoms with E-state index in [0.717, 1.165) is 0 Å². The summed E-state index contributed by atoms with van der Waals surface area (Å²) < 4.78 is 5.05. The number of carbonyl (C=O) groups is 2. The largest absolute Gasteiger partial charge is 0.496 e. The second kappa shape index (κ2) is 5.84. The van der Waals surface area contributed by atoms with Crippen LogP contribution in [0.4, 0.5) is 0 Å². The molecule has 5 nitrogen and oxygen atoms in total. The Morgan fingerprint density at radius 1 is 1.39 bits per heavy atom. The molecule has 0 saturated heterocycles. The van der Waals surface area contributed by atoms with Crippen molar-refractivity contribution in [3.63, 3.8) is 0 Å². The van der Waals surface area contributed by atoms with Crippen LogP contribution in [-0.2, 0) is 9.59 Å². The van der Waals surface area contributed by atoms with E-state index < -0.39 is 17.5 Å². The molecule has 1 rings (SSSR count). The molecule has 2 N–H and O–H groups in total. The van der Waals surface area contributed by atoms with Crippen LogP contribution in [-0.4, -0.2) is 29.1 Å². The molecule has 6 heteroatoms. The van der Waals surface area contributed by atoms with Gasteiger partial charge in [0.2, 0.25) is 0 Å². The molecule has 0 aromatic heterocycles. The topological polar surface area (TPSA) is 83.8 Å². The molecule has 0 radical (unpaired) electrons. The lowest BCUT2D eigenvalue weighted by Gasteiger charge is -2.14. The molecule has 18 heavy (non-hydrogen) atoms. The van der Waals surface area contributed by atoms with Gasteiger partial charge < -0.3 is 14.9 Å². The summed E-state index contributed by atoms with van der Waals surface area (Å²) in [6.45, 7) is 1.32. The van der Waals surface area contributed by atoms with E-state index in [1.54, 1.807) is 0 Å². The zero-order valence-corrected chi connectivity index (χ0v) is 10.6. The van der Waals surface area contributed by atoms with Crippen LogP contribution < -0.4 is 4.74 Å². The highest BCUT2D eigenvalue weighted by molar-refractivity contribution is 6.31. The van der Waals surface area contributed by atoms with Crippen molar-refractivity contribution in [3.05, 3.63) is 29.3 Å². The smallest absolute Gasteiger partial charge is 0.337 e. The number of carboxylic acids is 1. The van der Waals surface area contributed by atoms with Crippen molar-refractivity contribution in [3.8, 4) is 5.75 Å². The van der Waals surface area contributed by atoms with Crippen LogP contribution in [0.25, 0.3) is 0 Å². The number of halogens is 1. The number of aliphatic carboxylic acids is 1. The lowest BCUT2D eigenvalue weighted by molar-refractivity contribution is -0.146. The Morgan fingerprint density at radius 2 is 2.00 bits per heavy atom. The molecule has 0 heterocycles. The number of carboxylic acid groups (broad SMARTS) is 1. The van der Waals surface area contributed by atoms with E-state index in [4.69, 9.17) is 21.4 Å². The van der Waals surface area contributed by atoms with Crippen LogP contribution in [0.2, 0.25) is 0 Å². The molecular weight excluding hydrogens is 260 g/mol. The van der Waals surface area contributed by atoms with Gasteiger partial charge in [0.05, 0.1) is 7.11 Å². The Balaban J connectivity index is 3.25. The zero-order chi connectivity index (χ0) is 13.9. The van der Waals surface area contributed by atoms with Crippen LogP contribution >= 0.6 is 11.6 Å². The molecule has 2 atom stereocenters. The molecule has 0 aliphatic carbocycles. The Kier molecular flexibility index (Phi) is 4.69. The first-order valence-electron chi connectivity index (χ1n) is 5.11. The van der Waals surface area contributed by atoms with E-state index in [2.05, 4.69) is 0 Å². The second-order valence-corrected chi connectivity index (χ2v) is 4.15. The Labute approximate surface area is 109 Å². The minimum absolute atomic E-state index is 0.144. The SMILES string of the molecule is COc1ccc(C(O)C(=O)O)cc1C(Cl)C(C)=O. The van der Waals surface area contributed by atoms with Gasteiger partial charge in [-0.15, -0.1) is 11.6 Å². The van der Waals surface area contributed by atoms with Gasteiger partial charge in [-0.3, -0.25) is 4.79 Å². The molecular formula is C12H13ClO5. The van der Waals surface area contributed by atoms with Crippen molar-refractivity contribution >= 4 is 23.4 Å². The molecule has 1 aromatic rings. The quantitative estimate of drug-likeness (QED) is 0.797. The van der Waals surface area contributed by atoms with Gasteiger partial charge in [0.25, 0.3) is 0 Å². The van der Waals surface area contributed by atoms with Crippen molar-refractivity contribution in [1.82, 2.24) is 0 Å². The summed E-state index contributed by atoms with van der Waals surface area (Å²) in [5.41, 5.74) is 0.481. The number of aliphatic hydroxyl groups excluding tert-OH is 1. The Morgan fingerprint density at radius 3 is 2.44 bits per heavy atom. The number of Topliss-reactive ketones (excluding diaryl/α,β-unsaturated/α-hetero) is 1. The molecule has 0 saturated carbocycles. The lowest BCUT2D eigenvalue weighted by atomic mass is 10.0. The summed E-state index contributed by atoms with van der Waals surface area (Å²) in [5.74, 6) is -1.30. The number of aliphatic hydroxyl groups is 1. The summed E-state index contributed by atoms with van der Waals surface area (Å²) in [4.78, 5) is 21.9. The van der Waals surface area contributed by atoms with Gasteiger partial charge in [-0.2, -0.15) is 0 Å². The third-order valence-corrected chi connectivity index (χ3v) is 2.98. The van der Waals surface area contributed by atoms with Crippen molar-refractivity contribution in [2.75, 3.05) is 7.11 Å². The van der Waals surface area contributed by atoms with E-state index in [1.807, 2.05) is 0 Å². The minimum atomic E-state index is -1.66. The molecule has 0 spiro atoms. The van der Waals surface area contributed by atoms with E-state index in [0.29, 0.717) is 11.3 Å². The monoisotopic (exact) mass is 272 g/mol. The summed E-state index contributed by atoms with van der Waals surface area (Å²) in [6, 6.07) is 4.23. The minimum Gasteiger partial charge on any atom is -0.496 e. The summed E-state index contributed by atoms with van der Waals surface area (Å²) in [7, 11) is 1.41. The molecule has 0 amide bonds. The summed E-state index contributed by atoms with van der Waals surface area (Å²) >= 11 is 5.92. The van der Waals surface area contributed by atoms with E-state index in [-0.39, 0.29) is 11.3 Å². The maximum Gasteiger partial charge on any atom is 0.337 e. The molecule has 1 aromatic carbocycles. The summed E-state index contributed by atoms with van der Waals surface area (Å²) in [6.07, 6.45) is -1.66. The zero-order valence-electron chi connectivity index (χ0n) is 9.88. The van der Waals surface area contributed by atoms with Crippen molar-refractivity contribution in [2.24, 2.45) is 0 Å². The van der Waals surface area contributed by atoms with Gasteiger partial charge in [0.1, 0.15) is 11.1 Å². The third kappa shape index (κ3) is 3.00. The summed E-state index contributed by atoms with van der Waals surface area (Å²) in [5, 5.41) is 17.2. The fourth-order valence-corrected chi connectivity index (χ4v) is 1.65. The van der Waals surface area contributed by atoms with Crippen molar-refractivity contribution < 1.29 is 24.5 Å². The number of methoxy groups -OCH3 is 1. The number of benzene rings is 1. The number of hydrogen-bond acceptors (Lipinski definition) is 4.